The number of aromatic nitrogens is 1. The molecule has 3 nitrogen and oxygen atoms in total. The number of ether oxygens (including phenoxy) is 1. The maximum absolute atomic E-state index is 13.2. The second-order valence-electron chi connectivity index (χ2n) is 4.47. The van der Waals surface area contributed by atoms with Crippen LogP contribution in [0, 0.1) is 11.6 Å². The molecule has 0 amide bonds. The third-order valence-corrected chi connectivity index (χ3v) is 3.03. The van der Waals surface area contributed by atoms with Crippen molar-refractivity contribution in [3.63, 3.8) is 0 Å². The first kappa shape index (κ1) is 14.4. The molecule has 0 bridgehead atoms. The molecule has 0 saturated carbocycles. The van der Waals surface area contributed by atoms with E-state index >= 15 is 0 Å². The van der Waals surface area contributed by atoms with Gasteiger partial charge >= 0.3 is 0 Å². The largest absolute Gasteiger partial charge is 0.484 e. The van der Waals surface area contributed by atoms with Crippen LogP contribution in [-0.2, 0) is 0 Å². The first-order chi connectivity index (χ1) is 9.61. The quantitative estimate of drug-likeness (QED) is 0.913. The minimum Gasteiger partial charge on any atom is -0.484 e. The van der Waals surface area contributed by atoms with Gasteiger partial charge in [0.2, 0.25) is 0 Å². The molecule has 0 aliphatic heterocycles. The molecule has 106 valence electrons. The normalized spacial score (nSPS) is 13.8. The SMILES string of the molecule is CCC(N)C(Oc1ccc(F)c(F)c1)c1cccnc1. The predicted molar refractivity (Wildman–Crippen MR) is 72.2 cm³/mol. The van der Waals surface area contributed by atoms with Gasteiger partial charge in [0.1, 0.15) is 11.9 Å². The van der Waals surface area contributed by atoms with E-state index in [0.29, 0.717) is 6.42 Å². The summed E-state index contributed by atoms with van der Waals surface area (Å²) < 4.78 is 31.9. The molecule has 0 aliphatic carbocycles. The van der Waals surface area contributed by atoms with Crippen molar-refractivity contribution in [2.24, 2.45) is 5.73 Å². The third-order valence-electron chi connectivity index (χ3n) is 3.03. The monoisotopic (exact) mass is 278 g/mol. The summed E-state index contributed by atoms with van der Waals surface area (Å²) in [6.07, 6.45) is 3.53. The Labute approximate surface area is 116 Å². The van der Waals surface area contributed by atoms with E-state index in [1.807, 2.05) is 13.0 Å². The maximum Gasteiger partial charge on any atom is 0.162 e. The lowest BCUT2D eigenvalue weighted by Crippen LogP contribution is -2.31. The molecule has 1 aromatic carbocycles. The Balaban J connectivity index is 2.26. The summed E-state index contributed by atoms with van der Waals surface area (Å²) in [5.74, 6) is -1.62. The number of pyridine rings is 1. The number of halogens is 2. The van der Waals surface area contributed by atoms with Crippen molar-refractivity contribution < 1.29 is 13.5 Å². The van der Waals surface area contributed by atoms with Gasteiger partial charge in [-0.1, -0.05) is 13.0 Å². The highest BCUT2D eigenvalue weighted by atomic mass is 19.2. The molecule has 2 aromatic rings. The highest BCUT2D eigenvalue weighted by molar-refractivity contribution is 5.26. The fraction of sp³-hybridized carbons (Fsp3) is 0.267. The smallest absolute Gasteiger partial charge is 0.162 e. The molecule has 2 atom stereocenters. The highest BCUT2D eigenvalue weighted by Gasteiger charge is 2.21. The van der Waals surface area contributed by atoms with Crippen molar-refractivity contribution in [3.8, 4) is 5.75 Å². The van der Waals surface area contributed by atoms with Gasteiger partial charge in [0.05, 0.1) is 0 Å². The lowest BCUT2D eigenvalue weighted by atomic mass is 10.0. The van der Waals surface area contributed by atoms with Gasteiger partial charge in [0.25, 0.3) is 0 Å². The molecule has 1 aromatic heterocycles. The lowest BCUT2D eigenvalue weighted by Gasteiger charge is -2.24. The lowest BCUT2D eigenvalue weighted by molar-refractivity contribution is 0.169. The zero-order valence-electron chi connectivity index (χ0n) is 11.1. The first-order valence-corrected chi connectivity index (χ1v) is 6.39. The van der Waals surface area contributed by atoms with Gasteiger partial charge in [0.15, 0.2) is 11.6 Å². The van der Waals surface area contributed by atoms with Crippen LogP contribution >= 0.6 is 0 Å². The fourth-order valence-corrected chi connectivity index (χ4v) is 1.86. The van der Waals surface area contributed by atoms with E-state index in [1.54, 1.807) is 18.5 Å². The Morgan fingerprint density at radius 3 is 2.65 bits per heavy atom. The van der Waals surface area contributed by atoms with Gasteiger partial charge < -0.3 is 10.5 Å². The van der Waals surface area contributed by atoms with Crippen molar-refractivity contribution in [3.05, 3.63) is 59.9 Å². The van der Waals surface area contributed by atoms with Crippen LogP contribution in [0.4, 0.5) is 8.78 Å². The Morgan fingerprint density at radius 2 is 2.05 bits per heavy atom. The van der Waals surface area contributed by atoms with E-state index in [-0.39, 0.29) is 11.8 Å². The Morgan fingerprint density at radius 1 is 1.25 bits per heavy atom. The summed E-state index contributed by atoms with van der Waals surface area (Å²) in [5.41, 5.74) is 6.84. The molecule has 1 heterocycles. The number of hydrogen-bond donors (Lipinski definition) is 1. The van der Waals surface area contributed by atoms with Gasteiger partial charge in [-0.25, -0.2) is 8.78 Å². The van der Waals surface area contributed by atoms with E-state index in [1.165, 1.54) is 6.07 Å². The van der Waals surface area contributed by atoms with Gasteiger partial charge in [-0.15, -0.1) is 0 Å². The molecule has 20 heavy (non-hydrogen) atoms. The predicted octanol–water partition coefficient (Wildman–Crippen LogP) is 3.22. The molecular formula is C15H16F2N2O. The second kappa shape index (κ2) is 6.43. The van der Waals surface area contributed by atoms with Crippen LogP contribution < -0.4 is 10.5 Å². The van der Waals surface area contributed by atoms with Crippen molar-refractivity contribution in [1.82, 2.24) is 4.98 Å². The number of nitrogens with zero attached hydrogens (tertiary/aromatic N) is 1. The van der Waals surface area contributed by atoms with E-state index in [2.05, 4.69) is 4.98 Å². The summed E-state index contributed by atoms with van der Waals surface area (Å²) in [4.78, 5) is 4.03. The third kappa shape index (κ3) is 3.30. The summed E-state index contributed by atoms with van der Waals surface area (Å²) in [7, 11) is 0. The van der Waals surface area contributed by atoms with Crippen molar-refractivity contribution in [2.45, 2.75) is 25.5 Å². The summed E-state index contributed by atoms with van der Waals surface area (Å²) in [6, 6.07) is 6.77. The zero-order valence-corrected chi connectivity index (χ0v) is 11.1. The summed E-state index contributed by atoms with van der Waals surface area (Å²) in [5, 5.41) is 0. The molecule has 2 unspecified atom stereocenters. The zero-order chi connectivity index (χ0) is 14.5. The molecule has 2 rings (SSSR count). The average Bonchev–Trinajstić information content (AvgIpc) is 2.48. The van der Waals surface area contributed by atoms with Crippen LogP contribution in [0.3, 0.4) is 0 Å². The van der Waals surface area contributed by atoms with Crippen LogP contribution in [0.2, 0.25) is 0 Å². The van der Waals surface area contributed by atoms with Crippen LogP contribution in [-0.4, -0.2) is 11.0 Å². The van der Waals surface area contributed by atoms with Gasteiger partial charge in [-0.2, -0.15) is 0 Å². The highest BCUT2D eigenvalue weighted by Crippen LogP contribution is 2.26. The first-order valence-electron chi connectivity index (χ1n) is 6.39. The van der Waals surface area contributed by atoms with Crippen molar-refractivity contribution in [1.29, 1.82) is 0 Å². The molecule has 0 saturated heterocycles. The van der Waals surface area contributed by atoms with Crippen LogP contribution in [0.1, 0.15) is 25.0 Å². The van der Waals surface area contributed by atoms with E-state index in [0.717, 1.165) is 17.7 Å². The van der Waals surface area contributed by atoms with Gasteiger partial charge in [-0.3, -0.25) is 4.98 Å². The summed E-state index contributed by atoms with van der Waals surface area (Å²) >= 11 is 0. The standard InChI is InChI=1S/C15H16F2N2O/c1-2-14(18)15(10-4-3-7-19-9-10)20-11-5-6-12(16)13(17)8-11/h3-9,14-15H,2,18H2,1H3. The Bertz CT molecular complexity index is 563. The van der Waals surface area contributed by atoms with Crippen LogP contribution in [0.25, 0.3) is 0 Å². The molecule has 0 aliphatic rings. The second-order valence-corrected chi connectivity index (χ2v) is 4.47. The minimum absolute atomic E-state index is 0.238. The Hall–Kier alpha value is -2.01. The van der Waals surface area contributed by atoms with Gasteiger partial charge in [0, 0.05) is 30.1 Å². The summed E-state index contributed by atoms with van der Waals surface area (Å²) in [6.45, 7) is 1.93. The molecule has 0 fully saturated rings. The maximum atomic E-state index is 13.2. The van der Waals surface area contributed by atoms with Crippen LogP contribution in [0.5, 0.6) is 5.75 Å². The number of nitrogens with two attached hydrogens (primary N) is 1. The molecule has 2 N–H and O–H groups in total. The van der Waals surface area contributed by atoms with E-state index in [4.69, 9.17) is 10.5 Å². The number of hydrogen-bond acceptors (Lipinski definition) is 3. The Kier molecular flexibility index (Phi) is 4.63. The van der Waals surface area contributed by atoms with Crippen LogP contribution in [0.15, 0.2) is 42.7 Å². The topological polar surface area (TPSA) is 48.1 Å². The fourth-order valence-electron chi connectivity index (χ4n) is 1.86. The molecule has 0 radical (unpaired) electrons. The minimum atomic E-state index is -0.947. The van der Waals surface area contributed by atoms with Crippen molar-refractivity contribution >= 4 is 0 Å². The molecule has 5 heteroatoms. The average molecular weight is 278 g/mol. The van der Waals surface area contributed by atoms with Gasteiger partial charge in [-0.05, 0) is 24.6 Å². The number of benzene rings is 1. The molecular weight excluding hydrogens is 262 g/mol. The van der Waals surface area contributed by atoms with E-state index in [9.17, 15) is 8.78 Å². The number of rotatable bonds is 5. The van der Waals surface area contributed by atoms with E-state index < -0.39 is 17.7 Å². The molecule has 0 spiro atoms. The van der Waals surface area contributed by atoms with Crippen molar-refractivity contribution in [2.75, 3.05) is 0 Å².